The number of alkyl halides is 1. The van der Waals surface area contributed by atoms with Gasteiger partial charge in [-0.25, -0.2) is 0 Å². The Kier molecular flexibility index (Phi) is 2.95. The van der Waals surface area contributed by atoms with E-state index in [0.29, 0.717) is 0 Å². The SMILES string of the molecule is CC(C)(C)C1C=NC(Cl)C([N+](=O)[O-])=C1. The molecule has 1 aliphatic rings. The molecule has 0 aromatic heterocycles. The van der Waals surface area contributed by atoms with E-state index in [-0.39, 0.29) is 17.0 Å². The van der Waals surface area contributed by atoms with E-state index in [1.165, 1.54) is 0 Å². The summed E-state index contributed by atoms with van der Waals surface area (Å²) < 4.78 is 0. The van der Waals surface area contributed by atoms with Crippen LogP contribution in [0.2, 0.25) is 0 Å². The average Bonchev–Trinajstić information content (AvgIpc) is 2.02. The molecule has 1 rings (SSSR count). The summed E-state index contributed by atoms with van der Waals surface area (Å²) in [6.45, 7) is 6.02. The van der Waals surface area contributed by atoms with Crippen LogP contribution >= 0.6 is 11.6 Å². The number of rotatable bonds is 1. The molecule has 2 unspecified atom stereocenters. The second-order valence-electron chi connectivity index (χ2n) is 4.37. The number of halogens is 1. The van der Waals surface area contributed by atoms with Crippen molar-refractivity contribution >= 4 is 17.8 Å². The zero-order chi connectivity index (χ0) is 10.9. The Bertz CT molecular complexity index is 304. The Hall–Kier alpha value is -0.900. The van der Waals surface area contributed by atoms with Gasteiger partial charge >= 0.3 is 0 Å². The lowest BCUT2D eigenvalue weighted by Crippen LogP contribution is -2.26. The largest absolute Gasteiger partial charge is 0.282 e. The standard InChI is InChI=1S/C9H13ClN2O2/c1-9(2,3)6-4-7(12(13)14)8(10)11-5-6/h4-6,8H,1-3H3. The molecule has 14 heavy (non-hydrogen) atoms. The number of nitro groups is 1. The topological polar surface area (TPSA) is 55.5 Å². The molecule has 4 nitrogen and oxygen atoms in total. The van der Waals surface area contributed by atoms with Crippen molar-refractivity contribution in [3.05, 3.63) is 21.9 Å². The second kappa shape index (κ2) is 3.69. The molecule has 0 bridgehead atoms. The van der Waals surface area contributed by atoms with Crippen LogP contribution in [0.25, 0.3) is 0 Å². The van der Waals surface area contributed by atoms with E-state index in [1.54, 1.807) is 12.3 Å². The summed E-state index contributed by atoms with van der Waals surface area (Å²) in [5.74, 6) is -0.0297. The van der Waals surface area contributed by atoms with Crippen LogP contribution in [-0.4, -0.2) is 16.6 Å². The summed E-state index contributed by atoms with van der Waals surface area (Å²) >= 11 is 5.69. The van der Waals surface area contributed by atoms with Crippen LogP contribution in [0.3, 0.4) is 0 Å². The third kappa shape index (κ3) is 2.32. The first kappa shape index (κ1) is 11.2. The number of nitrogens with zero attached hydrogens (tertiary/aromatic N) is 2. The summed E-state index contributed by atoms with van der Waals surface area (Å²) in [6.07, 6.45) is 3.27. The van der Waals surface area contributed by atoms with Gasteiger partial charge in [-0.15, -0.1) is 0 Å². The molecular formula is C9H13ClN2O2. The van der Waals surface area contributed by atoms with Crippen molar-refractivity contribution in [1.29, 1.82) is 0 Å². The molecule has 78 valence electrons. The summed E-state index contributed by atoms with van der Waals surface area (Å²) in [6, 6.07) is 0. The molecule has 0 saturated heterocycles. The first-order valence-electron chi connectivity index (χ1n) is 4.36. The summed E-state index contributed by atoms with van der Waals surface area (Å²) in [5, 5.41) is 10.6. The highest BCUT2D eigenvalue weighted by atomic mass is 35.5. The van der Waals surface area contributed by atoms with Crippen LogP contribution in [-0.2, 0) is 0 Å². The van der Waals surface area contributed by atoms with E-state index in [1.807, 2.05) is 20.8 Å². The minimum Gasteiger partial charge on any atom is -0.266 e. The number of dihydropyridines is 1. The molecule has 0 aliphatic carbocycles. The highest BCUT2D eigenvalue weighted by molar-refractivity contribution is 6.22. The molecule has 0 N–H and O–H groups in total. The van der Waals surface area contributed by atoms with Gasteiger partial charge in [0.1, 0.15) is 0 Å². The van der Waals surface area contributed by atoms with Gasteiger partial charge in [0.15, 0.2) is 0 Å². The Balaban J connectivity index is 2.96. The van der Waals surface area contributed by atoms with Gasteiger partial charge in [-0.05, 0) is 5.41 Å². The lowest BCUT2D eigenvalue weighted by atomic mass is 9.80. The Morgan fingerprint density at radius 3 is 2.57 bits per heavy atom. The van der Waals surface area contributed by atoms with Gasteiger partial charge in [0.25, 0.3) is 5.70 Å². The fourth-order valence-corrected chi connectivity index (χ4v) is 1.39. The fourth-order valence-electron chi connectivity index (χ4n) is 1.17. The predicted octanol–water partition coefficient (Wildman–Crippen LogP) is 2.46. The van der Waals surface area contributed by atoms with E-state index in [0.717, 1.165) is 0 Å². The van der Waals surface area contributed by atoms with Crippen molar-refractivity contribution in [2.24, 2.45) is 16.3 Å². The Morgan fingerprint density at radius 2 is 2.14 bits per heavy atom. The highest BCUT2D eigenvalue weighted by Crippen LogP contribution is 2.31. The zero-order valence-corrected chi connectivity index (χ0v) is 9.15. The van der Waals surface area contributed by atoms with Crippen LogP contribution in [0.5, 0.6) is 0 Å². The number of aliphatic imine (C=N–C) groups is 1. The van der Waals surface area contributed by atoms with E-state index in [9.17, 15) is 10.1 Å². The van der Waals surface area contributed by atoms with Crippen molar-refractivity contribution in [2.75, 3.05) is 0 Å². The van der Waals surface area contributed by atoms with Crippen LogP contribution in [0, 0.1) is 21.4 Å². The molecule has 5 heteroatoms. The molecule has 2 atom stereocenters. The van der Waals surface area contributed by atoms with Crippen molar-refractivity contribution in [3.63, 3.8) is 0 Å². The first-order valence-corrected chi connectivity index (χ1v) is 4.79. The molecule has 0 spiro atoms. The Labute approximate surface area is 87.8 Å². The predicted molar refractivity (Wildman–Crippen MR) is 56.2 cm³/mol. The van der Waals surface area contributed by atoms with Crippen molar-refractivity contribution in [3.8, 4) is 0 Å². The minimum atomic E-state index is -0.844. The average molecular weight is 217 g/mol. The molecule has 0 radical (unpaired) electrons. The third-order valence-corrected chi connectivity index (χ3v) is 2.52. The van der Waals surface area contributed by atoms with Gasteiger partial charge in [-0.2, -0.15) is 0 Å². The quantitative estimate of drug-likeness (QED) is 0.293. The lowest BCUT2D eigenvalue weighted by molar-refractivity contribution is -0.427. The molecular weight excluding hydrogens is 204 g/mol. The van der Waals surface area contributed by atoms with Crippen LogP contribution < -0.4 is 0 Å². The molecule has 0 aromatic carbocycles. The molecule has 0 saturated carbocycles. The van der Waals surface area contributed by atoms with Gasteiger partial charge < -0.3 is 0 Å². The highest BCUT2D eigenvalue weighted by Gasteiger charge is 2.31. The normalized spacial score (nSPS) is 27.3. The van der Waals surface area contributed by atoms with Gasteiger partial charge in [0.2, 0.25) is 5.50 Å². The number of hydrogen-bond donors (Lipinski definition) is 0. The van der Waals surface area contributed by atoms with Crippen molar-refractivity contribution in [1.82, 2.24) is 0 Å². The first-order chi connectivity index (χ1) is 6.32. The summed E-state index contributed by atoms with van der Waals surface area (Å²) in [7, 11) is 0. The monoisotopic (exact) mass is 216 g/mol. The van der Waals surface area contributed by atoms with E-state index in [2.05, 4.69) is 4.99 Å². The molecule has 1 heterocycles. The molecule has 0 amide bonds. The van der Waals surface area contributed by atoms with E-state index >= 15 is 0 Å². The number of allylic oxidation sites excluding steroid dienone is 1. The molecule has 0 aromatic rings. The van der Waals surface area contributed by atoms with Crippen molar-refractivity contribution in [2.45, 2.75) is 26.3 Å². The molecule has 0 fully saturated rings. The Morgan fingerprint density at radius 1 is 1.57 bits per heavy atom. The maximum absolute atomic E-state index is 10.6. The van der Waals surface area contributed by atoms with Gasteiger partial charge in [0, 0.05) is 18.2 Å². The van der Waals surface area contributed by atoms with Crippen molar-refractivity contribution < 1.29 is 4.92 Å². The molecule has 1 aliphatic heterocycles. The van der Waals surface area contributed by atoms with E-state index < -0.39 is 10.4 Å². The van der Waals surface area contributed by atoms with Gasteiger partial charge in [-0.3, -0.25) is 15.1 Å². The van der Waals surface area contributed by atoms with Crippen LogP contribution in [0.15, 0.2) is 16.8 Å². The maximum atomic E-state index is 10.6. The van der Waals surface area contributed by atoms with Gasteiger partial charge in [0.05, 0.1) is 4.92 Å². The minimum absolute atomic E-state index is 0.0194. The third-order valence-electron chi connectivity index (χ3n) is 2.18. The zero-order valence-electron chi connectivity index (χ0n) is 8.40. The second-order valence-corrected chi connectivity index (χ2v) is 4.79. The maximum Gasteiger partial charge on any atom is 0.282 e. The van der Waals surface area contributed by atoms with Gasteiger partial charge in [-0.1, -0.05) is 32.4 Å². The van der Waals surface area contributed by atoms with Crippen LogP contribution in [0.1, 0.15) is 20.8 Å². The lowest BCUT2D eigenvalue weighted by Gasteiger charge is -2.26. The van der Waals surface area contributed by atoms with E-state index in [4.69, 9.17) is 11.6 Å². The summed E-state index contributed by atoms with van der Waals surface area (Å²) in [4.78, 5) is 14.1. The number of hydrogen-bond acceptors (Lipinski definition) is 3. The van der Waals surface area contributed by atoms with Crippen LogP contribution in [0.4, 0.5) is 0 Å². The fraction of sp³-hybridized carbons (Fsp3) is 0.667. The summed E-state index contributed by atoms with van der Waals surface area (Å²) in [5.41, 5.74) is -0.931. The smallest absolute Gasteiger partial charge is 0.266 e.